The number of aldehydes is 1. The molecule has 1 rings (SSSR count). The summed E-state index contributed by atoms with van der Waals surface area (Å²) in [7, 11) is 1.29. The van der Waals surface area contributed by atoms with Crippen LogP contribution in [-0.2, 0) is 14.3 Å². The van der Waals surface area contributed by atoms with E-state index in [1.54, 1.807) is 0 Å². The average Bonchev–Trinajstić information content (AvgIpc) is 2.52. The zero-order valence-electron chi connectivity index (χ0n) is 6.42. The second-order valence-corrected chi connectivity index (χ2v) is 2.61. The quantitative estimate of drug-likeness (QED) is 0.333. The van der Waals surface area contributed by atoms with Crippen molar-refractivity contribution in [1.82, 2.24) is 5.32 Å². The zero-order valence-corrected chi connectivity index (χ0v) is 6.42. The Bertz CT molecular complexity index is 173. The van der Waals surface area contributed by atoms with Gasteiger partial charge in [0, 0.05) is 0 Å². The van der Waals surface area contributed by atoms with Crippen molar-refractivity contribution in [2.24, 2.45) is 0 Å². The van der Waals surface area contributed by atoms with Crippen molar-refractivity contribution in [3.05, 3.63) is 0 Å². The molecule has 0 aliphatic carbocycles. The molecule has 0 aromatic rings. The van der Waals surface area contributed by atoms with Gasteiger partial charge in [0.25, 0.3) is 0 Å². The highest BCUT2D eigenvalue weighted by Gasteiger charge is 2.41. The Labute approximate surface area is 64.9 Å². The maximum absolute atomic E-state index is 11.1. The predicted octanol–water partition coefficient (Wildman–Crippen LogP) is -0.520. The molecule has 0 amide bonds. The summed E-state index contributed by atoms with van der Waals surface area (Å²) in [4.78, 5) is 21.6. The minimum atomic E-state index is -1.05. The number of nitrogens with one attached hydrogen (secondary N) is 1. The Morgan fingerprint density at radius 3 is 2.82 bits per heavy atom. The first-order chi connectivity index (χ1) is 5.25. The van der Waals surface area contributed by atoms with Crippen molar-refractivity contribution in [3.63, 3.8) is 0 Å². The van der Waals surface area contributed by atoms with Gasteiger partial charge >= 0.3 is 5.97 Å². The maximum atomic E-state index is 11.1. The van der Waals surface area contributed by atoms with Gasteiger partial charge in [-0.3, -0.25) is 5.32 Å². The molecule has 1 aliphatic rings. The van der Waals surface area contributed by atoms with E-state index in [0.717, 1.165) is 6.42 Å². The number of ether oxygens (including phenoxy) is 1. The molecule has 0 spiro atoms. The zero-order chi connectivity index (χ0) is 8.32. The van der Waals surface area contributed by atoms with Gasteiger partial charge in [-0.1, -0.05) is 0 Å². The number of hydrogen-bond donors (Lipinski definition) is 1. The van der Waals surface area contributed by atoms with Crippen molar-refractivity contribution in [1.29, 1.82) is 0 Å². The van der Waals surface area contributed by atoms with E-state index >= 15 is 0 Å². The normalized spacial score (nSPS) is 29.9. The standard InChI is InChI=1S/C7H11NO3/c1-11-6(10)7(5-9)3-2-4-8-7/h5,8H,2-4H2,1H3/t7-/m0/s1. The Balaban J connectivity index is 2.74. The molecule has 1 aliphatic heterocycles. The molecule has 0 aromatic carbocycles. The summed E-state index contributed by atoms with van der Waals surface area (Å²) in [5.41, 5.74) is -1.05. The first kappa shape index (κ1) is 8.20. The van der Waals surface area contributed by atoms with Crippen LogP contribution in [0.1, 0.15) is 12.8 Å². The summed E-state index contributed by atoms with van der Waals surface area (Å²) in [6.45, 7) is 0.702. The molecule has 1 heterocycles. The lowest BCUT2D eigenvalue weighted by Gasteiger charge is -2.18. The first-order valence-corrected chi connectivity index (χ1v) is 3.55. The lowest BCUT2D eigenvalue weighted by atomic mass is 10.0. The molecule has 1 fully saturated rings. The minimum absolute atomic E-state index is 0.481. The minimum Gasteiger partial charge on any atom is -0.467 e. The van der Waals surface area contributed by atoms with Gasteiger partial charge < -0.3 is 9.53 Å². The summed E-state index contributed by atoms with van der Waals surface area (Å²) >= 11 is 0. The van der Waals surface area contributed by atoms with Crippen LogP contribution in [0.4, 0.5) is 0 Å². The monoisotopic (exact) mass is 157 g/mol. The summed E-state index contributed by atoms with van der Waals surface area (Å²) in [6, 6.07) is 0. The van der Waals surface area contributed by atoms with Gasteiger partial charge in [-0.25, -0.2) is 4.79 Å². The van der Waals surface area contributed by atoms with Gasteiger partial charge in [-0.2, -0.15) is 0 Å². The third kappa shape index (κ3) is 1.26. The third-order valence-corrected chi connectivity index (χ3v) is 1.94. The van der Waals surface area contributed by atoms with E-state index in [0.29, 0.717) is 19.3 Å². The third-order valence-electron chi connectivity index (χ3n) is 1.94. The number of methoxy groups -OCH3 is 1. The topological polar surface area (TPSA) is 55.4 Å². The molecule has 0 radical (unpaired) electrons. The van der Waals surface area contributed by atoms with Gasteiger partial charge in [0.15, 0.2) is 11.8 Å². The van der Waals surface area contributed by atoms with Crippen molar-refractivity contribution in [3.8, 4) is 0 Å². The number of rotatable bonds is 2. The first-order valence-electron chi connectivity index (χ1n) is 3.55. The number of esters is 1. The van der Waals surface area contributed by atoms with Crippen molar-refractivity contribution in [2.45, 2.75) is 18.4 Å². The SMILES string of the molecule is COC(=O)[C@@]1(C=O)CCCN1. The predicted molar refractivity (Wildman–Crippen MR) is 38.0 cm³/mol. The van der Waals surface area contributed by atoms with Crippen LogP contribution in [0.25, 0.3) is 0 Å². The summed E-state index contributed by atoms with van der Waals surface area (Å²) in [6.07, 6.45) is 2.02. The highest BCUT2D eigenvalue weighted by Crippen LogP contribution is 2.17. The fraction of sp³-hybridized carbons (Fsp3) is 0.714. The second kappa shape index (κ2) is 3.00. The Morgan fingerprint density at radius 1 is 1.73 bits per heavy atom. The van der Waals surface area contributed by atoms with Gasteiger partial charge in [-0.05, 0) is 19.4 Å². The number of carbonyl (C=O) groups is 2. The molecule has 0 saturated carbocycles. The molecule has 1 saturated heterocycles. The molecular weight excluding hydrogens is 146 g/mol. The number of hydrogen-bond acceptors (Lipinski definition) is 4. The fourth-order valence-corrected chi connectivity index (χ4v) is 1.27. The van der Waals surface area contributed by atoms with E-state index in [4.69, 9.17) is 0 Å². The van der Waals surface area contributed by atoms with E-state index in [9.17, 15) is 9.59 Å². The molecule has 1 atom stereocenters. The van der Waals surface area contributed by atoms with Crippen LogP contribution in [0.5, 0.6) is 0 Å². The Morgan fingerprint density at radius 2 is 2.45 bits per heavy atom. The van der Waals surface area contributed by atoms with E-state index in [-0.39, 0.29) is 0 Å². The smallest absolute Gasteiger partial charge is 0.333 e. The summed E-state index contributed by atoms with van der Waals surface area (Å²) in [5.74, 6) is -0.481. The maximum Gasteiger partial charge on any atom is 0.333 e. The molecule has 0 aromatic heterocycles. The Kier molecular flexibility index (Phi) is 2.24. The fourth-order valence-electron chi connectivity index (χ4n) is 1.27. The average molecular weight is 157 g/mol. The van der Waals surface area contributed by atoms with Crippen molar-refractivity contribution < 1.29 is 14.3 Å². The van der Waals surface area contributed by atoms with Gasteiger partial charge in [0.2, 0.25) is 0 Å². The van der Waals surface area contributed by atoms with Crippen LogP contribution in [0.3, 0.4) is 0 Å². The molecule has 62 valence electrons. The number of carbonyl (C=O) groups excluding carboxylic acids is 2. The van der Waals surface area contributed by atoms with Crippen molar-refractivity contribution in [2.75, 3.05) is 13.7 Å². The molecule has 0 bridgehead atoms. The Hall–Kier alpha value is -0.900. The van der Waals surface area contributed by atoms with Crippen LogP contribution in [0, 0.1) is 0 Å². The second-order valence-electron chi connectivity index (χ2n) is 2.61. The van der Waals surface area contributed by atoms with Crippen LogP contribution in [0.15, 0.2) is 0 Å². The summed E-state index contributed by atoms with van der Waals surface area (Å²) in [5, 5.41) is 2.83. The molecule has 1 N–H and O–H groups in total. The largest absolute Gasteiger partial charge is 0.467 e. The van der Waals surface area contributed by atoms with E-state index in [1.165, 1.54) is 7.11 Å². The molecular formula is C7H11NO3. The van der Waals surface area contributed by atoms with E-state index in [1.807, 2.05) is 0 Å². The van der Waals surface area contributed by atoms with Crippen molar-refractivity contribution >= 4 is 12.3 Å². The van der Waals surface area contributed by atoms with Crippen LogP contribution < -0.4 is 5.32 Å². The molecule has 4 heteroatoms. The van der Waals surface area contributed by atoms with E-state index in [2.05, 4.69) is 10.1 Å². The van der Waals surface area contributed by atoms with Crippen LogP contribution in [0.2, 0.25) is 0 Å². The van der Waals surface area contributed by atoms with Gasteiger partial charge in [-0.15, -0.1) is 0 Å². The summed E-state index contributed by atoms with van der Waals surface area (Å²) < 4.78 is 4.50. The van der Waals surface area contributed by atoms with Gasteiger partial charge in [0.05, 0.1) is 7.11 Å². The van der Waals surface area contributed by atoms with Gasteiger partial charge in [0.1, 0.15) is 0 Å². The van der Waals surface area contributed by atoms with Crippen LogP contribution in [-0.4, -0.2) is 31.4 Å². The molecule has 0 unspecified atom stereocenters. The lowest BCUT2D eigenvalue weighted by molar-refractivity contribution is -0.149. The highest BCUT2D eigenvalue weighted by atomic mass is 16.5. The molecule has 4 nitrogen and oxygen atoms in total. The van der Waals surface area contributed by atoms with E-state index < -0.39 is 11.5 Å². The highest BCUT2D eigenvalue weighted by molar-refractivity contribution is 5.98. The van der Waals surface area contributed by atoms with Crippen LogP contribution >= 0.6 is 0 Å². The molecule has 11 heavy (non-hydrogen) atoms. The lowest BCUT2D eigenvalue weighted by Crippen LogP contribution is -2.49.